The number of ether oxygens (including phenoxy) is 1. The van der Waals surface area contributed by atoms with Crippen molar-refractivity contribution in [2.45, 2.75) is 19.5 Å². The molecule has 1 saturated heterocycles. The van der Waals surface area contributed by atoms with E-state index >= 15 is 0 Å². The average Bonchev–Trinajstić information content (AvgIpc) is 2.67. The van der Waals surface area contributed by atoms with Crippen LogP contribution >= 0.6 is 0 Å². The average molecular weight is 263 g/mol. The van der Waals surface area contributed by atoms with Crippen molar-refractivity contribution >= 4 is 5.91 Å². The fourth-order valence-corrected chi connectivity index (χ4v) is 2.33. The summed E-state index contributed by atoms with van der Waals surface area (Å²) in [5, 5.41) is 0. The molecule has 1 amide bonds. The van der Waals surface area contributed by atoms with E-state index in [2.05, 4.69) is 11.8 Å². The highest BCUT2D eigenvalue weighted by Crippen LogP contribution is 2.19. The fraction of sp³-hybridized carbons (Fsp3) is 0.500. The molecule has 0 radical (unpaired) electrons. The van der Waals surface area contributed by atoms with Gasteiger partial charge in [0, 0.05) is 25.7 Å². The number of primary amides is 1. The Bertz CT molecular complexity index is 423. The van der Waals surface area contributed by atoms with Crippen molar-refractivity contribution < 1.29 is 9.53 Å². The molecule has 0 bridgehead atoms. The van der Waals surface area contributed by atoms with Crippen molar-refractivity contribution in [1.29, 1.82) is 0 Å². The van der Waals surface area contributed by atoms with Crippen molar-refractivity contribution in [2.24, 2.45) is 17.4 Å². The van der Waals surface area contributed by atoms with Gasteiger partial charge in [-0.3, -0.25) is 9.69 Å². The molecular formula is C14H21N3O2. The zero-order chi connectivity index (χ0) is 13.8. The van der Waals surface area contributed by atoms with Gasteiger partial charge in [0.05, 0.1) is 0 Å². The van der Waals surface area contributed by atoms with Gasteiger partial charge in [-0.25, -0.2) is 0 Å². The van der Waals surface area contributed by atoms with Crippen LogP contribution in [0.2, 0.25) is 0 Å². The Morgan fingerprint density at radius 2 is 2.05 bits per heavy atom. The van der Waals surface area contributed by atoms with Crippen LogP contribution < -0.4 is 16.2 Å². The predicted octanol–water partition coefficient (Wildman–Crippen LogP) is 0.330. The van der Waals surface area contributed by atoms with Crippen LogP contribution in [0.3, 0.4) is 0 Å². The summed E-state index contributed by atoms with van der Waals surface area (Å²) < 4.78 is 5.22. The number of nitrogens with zero attached hydrogens (tertiary/aromatic N) is 1. The maximum Gasteiger partial charge on any atom is 0.255 e. The third-order valence-corrected chi connectivity index (χ3v) is 3.46. The molecule has 4 N–H and O–H groups in total. The van der Waals surface area contributed by atoms with E-state index in [1.165, 1.54) is 5.56 Å². The molecule has 2 rings (SSSR count). The van der Waals surface area contributed by atoms with Crippen LogP contribution in [-0.4, -0.2) is 36.5 Å². The number of likely N-dealkylation sites (tertiary alicyclic amines) is 1. The summed E-state index contributed by atoms with van der Waals surface area (Å²) in [5.74, 6) is 0.747. The van der Waals surface area contributed by atoms with Gasteiger partial charge in [0.25, 0.3) is 5.91 Å². The van der Waals surface area contributed by atoms with E-state index < -0.39 is 5.91 Å². The molecular weight excluding hydrogens is 242 g/mol. The van der Waals surface area contributed by atoms with Crippen molar-refractivity contribution in [3.63, 3.8) is 0 Å². The molecule has 0 spiro atoms. The molecule has 2 unspecified atom stereocenters. The van der Waals surface area contributed by atoms with Crippen molar-refractivity contribution in [1.82, 2.24) is 4.90 Å². The largest absolute Gasteiger partial charge is 0.484 e. The molecule has 0 aromatic heterocycles. The first-order chi connectivity index (χ1) is 9.04. The van der Waals surface area contributed by atoms with Gasteiger partial charge < -0.3 is 16.2 Å². The van der Waals surface area contributed by atoms with E-state index in [-0.39, 0.29) is 12.6 Å². The first-order valence-corrected chi connectivity index (χ1v) is 6.52. The maximum absolute atomic E-state index is 10.6. The number of carbonyl (C=O) groups excluding carboxylic acids is 1. The highest BCUT2D eigenvalue weighted by molar-refractivity contribution is 5.75. The highest BCUT2D eigenvalue weighted by Gasteiger charge is 2.26. The van der Waals surface area contributed by atoms with Gasteiger partial charge in [-0.2, -0.15) is 0 Å². The van der Waals surface area contributed by atoms with E-state index in [0.717, 1.165) is 19.6 Å². The quantitative estimate of drug-likeness (QED) is 0.802. The molecule has 1 aliphatic heterocycles. The van der Waals surface area contributed by atoms with E-state index in [0.29, 0.717) is 11.7 Å². The SMILES string of the molecule is CC1CN(Cc2ccc(OCC(N)=O)cc2)CC1N. The van der Waals surface area contributed by atoms with Gasteiger partial charge in [0.15, 0.2) is 6.61 Å². The molecule has 104 valence electrons. The zero-order valence-corrected chi connectivity index (χ0v) is 11.2. The third kappa shape index (κ3) is 3.94. The van der Waals surface area contributed by atoms with Crippen LogP contribution in [0, 0.1) is 5.92 Å². The maximum atomic E-state index is 10.6. The predicted molar refractivity (Wildman–Crippen MR) is 73.5 cm³/mol. The van der Waals surface area contributed by atoms with E-state index in [4.69, 9.17) is 16.2 Å². The number of hydrogen-bond donors (Lipinski definition) is 2. The molecule has 1 aliphatic rings. The summed E-state index contributed by atoms with van der Waals surface area (Å²) in [6.07, 6.45) is 0. The summed E-state index contributed by atoms with van der Waals surface area (Å²) >= 11 is 0. The molecule has 5 heteroatoms. The number of hydrogen-bond acceptors (Lipinski definition) is 4. The van der Waals surface area contributed by atoms with Gasteiger partial charge >= 0.3 is 0 Å². The van der Waals surface area contributed by atoms with Gasteiger partial charge in [-0.05, 0) is 23.6 Å². The molecule has 19 heavy (non-hydrogen) atoms. The van der Waals surface area contributed by atoms with Gasteiger partial charge in [0.1, 0.15) is 5.75 Å². The Morgan fingerprint density at radius 1 is 1.37 bits per heavy atom. The first-order valence-electron chi connectivity index (χ1n) is 6.52. The Kier molecular flexibility index (Phi) is 4.39. The minimum Gasteiger partial charge on any atom is -0.484 e. The van der Waals surface area contributed by atoms with Crippen LogP contribution in [0.4, 0.5) is 0 Å². The summed E-state index contributed by atoms with van der Waals surface area (Å²) in [6, 6.07) is 8.00. The summed E-state index contributed by atoms with van der Waals surface area (Å²) in [6.45, 7) is 4.99. The van der Waals surface area contributed by atoms with Crippen LogP contribution in [0.25, 0.3) is 0 Å². The molecule has 1 heterocycles. The van der Waals surface area contributed by atoms with Crippen LogP contribution in [-0.2, 0) is 11.3 Å². The number of carbonyl (C=O) groups is 1. The monoisotopic (exact) mass is 263 g/mol. The topological polar surface area (TPSA) is 81.6 Å². The Hall–Kier alpha value is -1.59. The summed E-state index contributed by atoms with van der Waals surface area (Å²) in [5.41, 5.74) is 12.2. The van der Waals surface area contributed by atoms with Crippen molar-refractivity contribution in [3.05, 3.63) is 29.8 Å². The molecule has 5 nitrogen and oxygen atoms in total. The molecule has 1 fully saturated rings. The van der Waals surface area contributed by atoms with Crippen LogP contribution in [0.5, 0.6) is 5.75 Å². The highest BCUT2D eigenvalue weighted by atomic mass is 16.5. The third-order valence-electron chi connectivity index (χ3n) is 3.46. The molecule has 1 aromatic carbocycles. The normalized spacial score (nSPS) is 23.5. The van der Waals surface area contributed by atoms with Gasteiger partial charge in [0.2, 0.25) is 0 Å². The molecule has 0 aliphatic carbocycles. The number of rotatable bonds is 5. The number of nitrogens with two attached hydrogens (primary N) is 2. The standard InChI is InChI=1S/C14H21N3O2/c1-10-6-17(8-13(10)15)7-11-2-4-12(5-3-11)19-9-14(16)18/h2-5,10,13H,6-9,15H2,1H3,(H2,16,18). The van der Waals surface area contributed by atoms with Crippen LogP contribution in [0.15, 0.2) is 24.3 Å². The van der Waals surface area contributed by atoms with E-state index in [9.17, 15) is 4.79 Å². The summed E-state index contributed by atoms with van der Waals surface area (Å²) in [4.78, 5) is 13.0. The Balaban J connectivity index is 1.87. The molecule has 1 aromatic rings. The first kappa shape index (κ1) is 13.8. The molecule has 0 saturated carbocycles. The van der Waals surface area contributed by atoms with Crippen molar-refractivity contribution in [3.8, 4) is 5.75 Å². The second kappa shape index (κ2) is 6.04. The second-order valence-electron chi connectivity index (χ2n) is 5.23. The molecule has 2 atom stereocenters. The Labute approximate surface area is 113 Å². The van der Waals surface area contributed by atoms with E-state index in [1.807, 2.05) is 24.3 Å². The minimum atomic E-state index is -0.468. The lowest BCUT2D eigenvalue weighted by Gasteiger charge is -2.15. The second-order valence-corrected chi connectivity index (χ2v) is 5.23. The fourth-order valence-electron chi connectivity index (χ4n) is 2.33. The zero-order valence-electron chi connectivity index (χ0n) is 11.2. The minimum absolute atomic E-state index is 0.0855. The van der Waals surface area contributed by atoms with Crippen LogP contribution in [0.1, 0.15) is 12.5 Å². The lowest BCUT2D eigenvalue weighted by molar-refractivity contribution is -0.119. The number of amides is 1. The van der Waals surface area contributed by atoms with Gasteiger partial charge in [-0.1, -0.05) is 19.1 Å². The lowest BCUT2D eigenvalue weighted by atomic mass is 10.1. The Morgan fingerprint density at radius 3 is 2.58 bits per heavy atom. The van der Waals surface area contributed by atoms with Gasteiger partial charge in [-0.15, -0.1) is 0 Å². The van der Waals surface area contributed by atoms with E-state index in [1.54, 1.807) is 0 Å². The van der Waals surface area contributed by atoms with Crippen molar-refractivity contribution in [2.75, 3.05) is 19.7 Å². The number of benzene rings is 1. The summed E-state index contributed by atoms with van der Waals surface area (Å²) in [7, 11) is 0. The lowest BCUT2D eigenvalue weighted by Crippen LogP contribution is -2.28. The smallest absolute Gasteiger partial charge is 0.255 e.